The molecule has 7 nitrogen and oxygen atoms in total. The van der Waals surface area contributed by atoms with Gasteiger partial charge in [-0.15, -0.1) is 5.10 Å². The third-order valence-electron chi connectivity index (χ3n) is 3.32. The molecule has 3 rings (SSSR count). The second kappa shape index (κ2) is 7.65. The summed E-state index contributed by atoms with van der Waals surface area (Å²) in [6.07, 6.45) is 0. The number of halogens is 1. The highest BCUT2D eigenvalue weighted by Crippen LogP contribution is 2.35. The van der Waals surface area contributed by atoms with E-state index >= 15 is 0 Å². The lowest BCUT2D eigenvalue weighted by molar-refractivity contribution is 0.281. The number of H-pyrrole nitrogens is 1. The van der Waals surface area contributed by atoms with Gasteiger partial charge in [-0.05, 0) is 16.8 Å². The van der Waals surface area contributed by atoms with Gasteiger partial charge in [0.2, 0.25) is 0 Å². The highest BCUT2D eigenvalue weighted by molar-refractivity contribution is 6.30. The number of ether oxygens (including phenoxy) is 2. The number of anilines is 1. The van der Waals surface area contributed by atoms with E-state index in [9.17, 15) is 0 Å². The van der Waals surface area contributed by atoms with E-state index in [0.717, 1.165) is 11.1 Å². The van der Waals surface area contributed by atoms with Crippen LogP contribution in [-0.2, 0) is 13.2 Å². The summed E-state index contributed by atoms with van der Waals surface area (Å²) < 4.78 is 11.4. The van der Waals surface area contributed by atoms with E-state index in [2.05, 4.69) is 25.9 Å². The molecule has 0 saturated heterocycles. The van der Waals surface area contributed by atoms with Gasteiger partial charge in [-0.1, -0.05) is 47.0 Å². The Bertz CT molecular complexity index is 781. The third-order valence-corrected chi connectivity index (χ3v) is 3.54. The molecule has 0 radical (unpaired) electrons. The van der Waals surface area contributed by atoms with Crippen LogP contribution in [0.5, 0.6) is 11.5 Å². The van der Waals surface area contributed by atoms with E-state index in [1.165, 1.54) is 0 Å². The van der Waals surface area contributed by atoms with E-state index in [0.29, 0.717) is 35.6 Å². The van der Waals surface area contributed by atoms with Gasteiger partial charge in [0.15, 0.2) is 11.5 Å². The van der Waals surface area contributed by atoms with Crippen LogP contribution in [0.3, 0.4) is 0 Å². The standard InChI is InChI=1S/C16H16ClN5O2/c1-23-14-8-13(17)7-12(9-18-16-19-21-22-20-16)15(14)24-10-11-5-3-2-4-6-11/h2-8H,9-10H2,1H3,(H2,18,19,20,21,22). The minimum atomic E-state index is 0.392. The molecule has 3 aromatic rings. The summed E-state index contributed by atoms with van der Waals surface area (Å²) in [5.74, 6) is 1.59. The van der Waals surface area contributed by atoms with Crippen molar-refractivity contribution in [3.63, 3.8) is 0 Å². The Morgan fingerprint density at radius 1 is 1.21 bits per heavy atom. The lowest BCUT2D eigenvalue weighted by Gasteiger charge is -2.16. The number of tetrazole rings is 1. The molecular formula is C16H16ClN5O2. The highest BCUT2D eigenvalue weighted by Gasteiger charge is 2.14. The molecule has 0 bridgehead atoms. The summed E-state index contributed by atoms with van der Waals surface area (Å²) in [7, 11) is 1.58. The predicted molar refractivity (Wildman–Crippen MR) is 90.3 cm³/mol. The highest BCUT2D eigenvalue weighted by atomic mass is 35.5. The van der Waals surface area contributed by atoms with Crippen LogP contribution < -0.4 is 14.8 Å². The molecule has 8 heteroatoms. The number of rotatable bonds is 7. The van der Waals surface area contributed by atoms with Crippen molar-refractivity contribution < 1.29 is 9.47 Å². The van der Waals surface area contributed by atoms with E-state index in [1.54, 1.807) is 13.2 Å². The van der Waals surface area contributed by atoms with Gasteiger partial charge in [0.1, 0.15) is 6.61 Å². The molecule has 1 aromatic heterocycles. The van der Waals surface area contributed by atoms with Crippen LogP contribution in [0.1, 0.15) is 11.1 Å². The summed E-state index contributed by atoms with van der Waals surface area (Å²) in [5, 5.41) is 17.2. The minimum Gasteiger partial charge on any atom is -0.493 e. The molecule has 2 N–H and O–H groups in total. The molecule has 124 valence electrons. The Kier molecular flexibility index (Phi) is 5.12. The van der Waals surface area contributed by atoms with E-state index in [-0.39, 0.29) is 0 Å². The van der Waals surface area contributed by atoms with Gasteiger partial charge in [-0.3, -0.25) is 0 Å². The maximum Gasteiger partial charge on any atom is 0.263 e. The summed E-state index contributed by atoms with van der Waals surface area (Å²) in [6.45, 7) is 0.842. The molecule has 0 aliphatic heterocycles. The predicted octanol–water partition coefficient (Wildman–Crippen LogP) is 3.05. The third kappa shape index (κ3) is 3.94. The van der Waals surface area contributed by atoms with E-state index in [1.807, 2.05) is 36.4 Å². The van der Waals surface area contributed by atoms with Gasteiger partial charge < -0.3 is 14.8 Å². The Balaban J connectivity index is 1.81. The second-order valence-electron chi connectivity index (χ2n) is 4.96. The van der Waals surface area contributed by atoms with Gasteiger partial charge in [-0.25, -0.2) is 0 Å². The Morgan fingerprint density at radius 2 is 2.04 bits per heavy atom. The number of hydrogen-bond acceptors (Lipinski definition) is 6. The first-order valence-electron chi connectivity index (χ1n) is 7.26. The summed E-state index contributed by atoms with van der Waals surface area (Å²) in [5.41, 5.74) is 1.90. The lowest BCUT2D eigenvalue weighted by Crippen LogP contribution is -2.06. The second-order valence-corrected chi connectivity index (χ2v) is 5.40. The first-order valence-corrected chi connectivity index (χ1v) is 7.64. The zero-order valence-corrected chi connectivity index (χ0v) is 13.7. The van der Waals surface area contributed by atoms with Crippen molar-refractivity contribution in [2.24, 2.45) is 0 Å². The fourth-order valence-electron chi connectivity index (χ4n) is 2.21. The van der Waals surface area contributed by atoms with E-state index in [4.69, 9.17) is 21.1 Å². The molecule has 0 amide bonds. The minimum absolute atomic E-state index is 0.392. The lowest BCUT2D eigenvalue weighted by atomic mass is 10.1. The number of aromatic amines is 1. The summed E-state index contributed by atoms with van der Waals surface area (Å²) in [6, 6.07) is 13.4. The molecular weight excluding hydrogens is 330 g/mol. The zero-order chi connectivity index (χ0) is 16.8. The molecule has 1 heterocycles. The average Bonchev–Trinajstić information content (AvgIpc) is 3.13. The molecule has 24 heavy (non-hydrogen) atoms. The fraction of sp³-hybridized carbons (Fsp3) is 0.188. The van der Waals surface area contributed by atoms with Crippen LogP contribution >= 0.6 is 11.6 Å². The van der Waals surface area contributed by atoms with Crippen LogP contribution in [0.4, 0.5) is 5.95 Å². The fourth-order valence-corrected chi connectivity index (χ4v) is 2.44. The quantitative estimate of drug-likeness (QED) is 0.684. The van der Waals surface area contributed by atoms with Gasteiger partial charge in [0.25, 0.3) is 5.95 Å². The summed E-state index contributed by atoms with van der Waals surface area (Å²) in [4.78, 5) is 0. The van der Waals surface area contributed by atoms with Gasteiger partial charge >= 0.3 is 0 Å². The van der Waals surface area contributed by atoms with Crippen molar-refractivity contribution in [1.29, 1.82) is 0 Å². The largest absolute Gasteiger partial charge is 0.493 e. The maximum absolute atomic E-state index is 6.17. The monoisotopic (exact) mass is 345 g/mol. The molecule has 0 aliphatic carbocycles. The number of hydrogen-bond donors (Lipinski definition) is 2. The van der Waals surface area contributed by atoms with Gasteiger partial charge in [0, 0.05) is 23.2 Å². The van der Waals surface area contributed by atoms with Crippen molar-refractivity contribution in [3.05, 3.63) is 58.6 Å². The SMILES string of the molecule is COc1cc(Cl)cc(CNc2nn[nH]n2)c1OCc1ccccc1. The number of benzene rings is 2. The average molecular weight is 346 g/mol. The van der Waals surface area contributed by atoms with Gasteiger partial charge in [0.05, 0.1) is 7.11 Å². The smallest absolute Gasteiger partial charge is 0.263 e. The normalized spacial score (nSPS) is 10.4. The van der Waals surface area contributed by atoms with E-state index < -0.39 is 0 Å². The number of nitrogens with one attached hydrogen (secondary N) is 2. The molecule has 0 spiro atoms. The van der Waals surface area contributed by atoms with Crippen molar-refractivity contribution in [2.45, 2.75) is 13.2 Å². The van der Waals surface area contributed by atoms with Crippen LogP contribution in [0.2, 0.25) is 5.02 Å². The molecule has 2 aromatic carbocycles. The first kappa shape index (κ1) is 16.1. The molecule has 0 saturated carbocycles. The van der Waals surface area contributed by atoms with Crippen LogP contribution in [0.15, 0.2) is 42.5 Å². The van der Waals surface area contributed by atoms with Crippen molar-refractivity contribution in [1.82, 2.24) is 20.6 Å². The van der Waals surface area contributed by atoms with Crippen molar-refractivity contribution >= 4 is 17.5 Å². The van der Waals surface area contributed by atoms with Crippen LogP contribution in [-0.4, -0.2) is 27.7 Å². The maximum atomic E-state index is 6.17. The van der Waals surface area contributed by atoms with Crippen LogP contribution in [0, 0.1) is 0 Å². The molecule has 0 unspecified atom stereocenters. The van der Waals surface area contributed by atoms with Gasteiger partial charge in [-0.2, -0.15) is 5.21 Å². The Labute approximate surface area is 143 Å². The number of aromatic nitrogens is 4. The number of methoxy groups -OCH3 is 1. The molecule has 0 aliphatic rings. The summed E-state index contributed by atoms with van der Waals surface area (Å²) >= 11 is 6.17. The Morgan fingerprint density at radius 3 is 2.75 bits per heavy atom. The topological polar surface area (TPSA) is 85.0 Å². The van der Waals surface area contributed by atoms with Crippen molar-refractivity contribution in [3.8, 4) is 11.5 Å². The van der Waals surface area contributed by atoms with Crippen LogP contribution in [0.25, 0.3) is 0 Å². The zero-order valence-electron chi connectivity index (χ0n) is 13.0. The first-order chi connectivity index (χ1) is 11.8. The molecule has 0 fully saturated rings. The van der Waals surface area contributed by atoms with Crippen molar-refractivity contribution in [2.75, 3.05) is 12.4 Å². The molecule has 0 atom stereocenters. The number of nitrogens with zero attached hydrogens (tertiary/aromatic N) is 3. The Hall–Kier alpha value is -2.80.